The Kier molecular flexibility index (Phi) is 7.11. The van der Waals surface area contributed by atoms with E-state index in [9.17, 15) is 14.4 Å². The third-order valence-corrected chi connectivity index (χ3v) is 3.98. The van der Waals surface area contributed by atoms with Gasteiger partial charge in [-0.15, -0.1) is 0 Å². The van der Waals surface area contributed by atoms with E-state index in [2.05, 4.69) is 10.6 Å². The normalized spacial score (nSPS) is 11.7. The molecule has 0 spiro atoms. The lowest BCUT2D eigenvalue weighted by atomic mass is 10.0. The second kappa shape index (κ2) is 9.52. The predicted octanol–water partition coefficient (Wildman–Crippen LogP) is 3.16. The van der Waals surface area contributed by atoms with E-state index in [1.807, 2.05) is 44.2 Å². The van der Waals surface area contributed by atoms with Crippen LogP contribution in [0.4, 0.5) is 0 Å². The quantitative estimate of drug-likeness (QED) is 0.667. The van der Waals surface area contributed by atoms with E-state index in [1.165, 1.54) is 0 Å². The molecule has 0 radical (unpaired) electrons. The molecule has 0 aliphatic rings. The van der Waals surface area contributed by atoms with Crippen LogP contribution in [-0.2, 0) is 4.79 Å². The van der Waals surface area contributed by atoms with Gasteiger partial charge in [0.25, 0.3) is 11.8 Å². The molecular weight excluding hydrogens is 344 g/mol. The topological polar surface area (TPSA) is 95.5 Å². The number of carbonyl (C=O) groups is 3. The number of benzene rings is 2. The van der Waals surface area contributed by atoms with E-state index in [-0.39, 0.29) is 24.3 Å². The molecule has 2 rings (SSSR count). The van der Waals surface area contributed by atoms with E-state index in [4.69, 9.17) is 5.11 Å². The van der Waals surface area contributed by atoms with Crippen LogP contribution in [0.2, 0.25) is 0 Å². The van der Waals surface area contributed by atoms with Crippen molar-refractivity contribution in [3.05, 3.63) is 71.3 Å². The minimum atomic E-state index is -0.911. The van der Waals surface area contributed by atoms with Gasteiger partial charge in [-0.25, -0.2) is 0 Å². The van der Waals surface area contributed by atoms with Gasteiger partial charge in [-0.2, -0.15) is 0 Å². The minimum absolute atomic E-state index is 0.0290. The summed E-state index contributed by atoms with van der Waals surface area (Å²) in [6, 6.07) is 15.3. The summed E-state index contributed by atoms with van der Waals surface area (Å²) >= 11 is 0. The molecule has 0 saturated heterocycles. The van der Waals surface area contributed by atoms with Gasteiger partial charge >= 0.3 is 5.97 Å². The van der Waals surface area contributed by atoms with Crippen molar-refractivity contribution < 1.29 is 19.5 Å². The number of carboxylic acid groups (broad SMARTS) is 1. The molecule has 142 valence electrons. The average Bonchev–Trinajstić information content (AvgIpc) is 2.65. The van der Waals surface area contributed by atoms with Crippen molar-refractivity contribution in [2.45, 2.75) is 38.8 Å². The summed E-state index contributed by atoms with van der Waals surface area (Å²) in [4.78, 5) is 35.5. The van der Waals surface area contributed by atoms with E-state index < -0.39 is 12.0 Å². The highest BCUT2D eigenvalue weighted by Crippen LogP contribution is 2.19. The molecule has 2 aromatic carbocycles. The highest BCUT2D eigenvalue weighted by atomic mass is 16.4. The maximum Gasteiger partial charge on any atom is 0.303 e. The zero-order chi connectivity index (χ0) is 19.8. The Hall–Kier alpha value is -3.15. The van der Waals surface area contributed by atoms with Crippen molar-refractivity contribution in [1.29, 1.82) is 0 Å². The minimum Gasteiger partial charge on any atom is -0.481 e. The maximum absolute atomic E-state index is 12.6. The Morgan fingerprint density at radius 3 is 1.85 bits per heavy atom. The van der Waals surface area contributed by atoms with Gasteiger partial charge in [0.15, 0.2) is 0 Å². The Bertz CT molecular complexity index is 786. The Balaban J connectivity index is 2.10. The zero-order valence-electron chi connectivity index (χ0n) is 15.4. The monoisotopic (exact) mass is 368 g/mol. The SMILES string of the molecule is CC(C)NC(=O)c1ccc(C(=O)NC(CCC(=O)O)c2ccccc2)cc1. The fourth-order valence-electron chi connectivity index (χ4n) is 2.64. The molecule has 0 heterocycles. The van der Waals surface area contributed by atoms with Crippen LogP contribution in [0.1, 0.15) is 59.0 Å². The van der Waals surface area contributed by atoms with Gasteiger partial charge < -0.3 is 15.7 Å². The lowest BCUT2D eigenvalue weighted by molar-refractivity contribution is -0.137. The molecule has 0 saturated carbocycles. The number of hydrogen-bond acceptors (Lipinski definition) is 3. The molecular formula is C21H24N2O4. The van der Waals surface area contributed by atoms with Crippen LogP contribution >= 0.6 is 0 Å². The molecule has 1 atom stereocenters. The second-order valence-corrected chi connectivity index (χ2v) is 6.57. The molecule has 6 nitrogen and oxygen atoms in total. The number of nitrogens with one attached hydrogen (secondary N) is 2. The molecule has 6 heteroatoms. The highest BCUT2D eigenvalue weighted by Gasteiger charge is 2.17. The zero-order valence-corrected chi connectivity index (χ0v) is 15.4. The molecule has 2 aromatic rings. The number of carboxylic acids is 1. The van der Waals surface area contributed by atoms with Crippen molar-refractivity contribution >= 4 is 17.8 Å². The highest BCUT2D eigenvalue weighted by molar-refractivity contribution is 5.98. The molecule has 0 aromatic heterocycles. The standard InChI is InChI=1S/C21H24N2O4/c1-14(2)22-20(26)16-8-10-17(11-9-16)21(27)23-18(12-13-19(24)25)15-6-4-3-5-7-15/h3-11,14,18H,12-13H2,1-2H3,(H,22,26)(H,23,27)(H,24,25). The van der Waals surface area contributed by atoms with Crippen molar-refractivity contribution in [2.24, 2.45) is 0 Å². The molecule has 2 amide bonds. The molecule has 0 aliphatic carbocycles. The summed E-state index contributed by atoms with van der Waals surface area (Å²) in [6.45, 7) is 3.75. The van der Waals surface area contributed by atoms with Crippen molar-refractivity contribution in [2.75, 3.05) is 0 Å². The second-order valence-electron chi connectivity index (χ2n) is 6.57. The molecule has 0 aliphatic heterocycles. The van der Waals surface area contributed by atoms with Gasteiger partial charge in [-0.1, -0.05) is 30.3 Å². The number of carbonyl (C=O) groups excluding carboxylic acids is 2. The first-order chi connectivity index (χ1) is 12.9. The largest absolute Gasteiger partial charge is 0.481 e. The molecule has 27 heavy (non-hydrogen) atoms. The Morgan fingerprint density at radius 1 is 0.852 bits per heavy atom. The Labute approximate surface area is 158 Å². The first-order valence-electron chi connectivity index (χ1n) is 8.85. The maximum atomic E-state index is 12.6. The molecule has 0 fully saturated rings. The van der Waals surface area contributed by atoms with E-state index in [0.29, 0.717) is 17.5 Å². The predicted molar refractivity (Wildman–Crippen MR) is 103 cm³/mol. The van der Waals surface area contributed by atoms with E-state index in [0.717, 1.165) is 5.56 Å². The smallest absolute Gasteiger partial charge is 0.303 e. The summed E-state index contributed by atoms with van der Waals surface area (Å²) in [5, 5.41) is 14.6. The van der Waals surface area contributed by atoms with Gasteiger partial charge in [-0.3, -0.25) is 14.4 Å². The van der Waals surface area contributed by atoms with E-state index >= 15 is 0 Å². The van der Waals surface area contributed by atoms with Crippen LogP contribution in [0.3, 0.4) is 0 Å². The van der Waals surface area contributed by atoms with Gasteiger partial charge in [0, 0.05) is 23.6 Å². The summed E-state index contributed by atoms with van der Waals surface area (Å²) < 4.78 is 0. The van der Waals surface area contributed by atoms with Crippen LogP contribution in [-0.4, -0.2) is 28.9 Å². The van der Waals surface area contributed by atoms with Gasteiger partial charge in [0.05, 0.1) is 6.04 Å². The van der Waals surface area contributed by atoms with Crippen LogP contribution in [0.15, 0.2) is 54.6 Å². The first kappa shape index (κ1) is 20.2. The fraction of sp³-hybridized carbons (Fsp3) is 0.286. The van der Waals surface area contributed by atoms with Crippen LogP contribution in [0.5, 0.6) is 0 Å². The molecule has 3 N–H and O–H groups in total. The van der Waals surface area contributed by atoms with Crippen LogP contribution < -0.4 is 10.6 Å². The summed E-state index contributed by atoms with van der Waals surface area (Å²) in [5.74, 6) is -1.42. The molecule has 0 bridgehead atoms. The third-order valence-electron chi connectivity index (χ3n) is 3.98. The summed E-state index contributed by atoms with van der Waals surface area (Å²) in [7, 11) is 0. The van der Waals surface area contributed by atoms with Crippen molar-refractivity contribution in [1.82, 2.24) is 10.6 Å². The lowest BCUT2D eigenvalue weighted by Crippen LogP contribution is -2.30. The van der Waals surface area contributed by atoms with Gasteiger partial charge in [0.2, 0.25) is 0 Å². The first-order valence-corrected chi connectivity index (χ1v) is 8.85. The summed E-state index contributed by atoms with van der Waals surface area (Å²) in [6.07, 6.45) is 0.244. The van der Waals surface area contributed by atoms with Gasteiger partial charge in [0.1, 0.15) is 0 Å². The number of hydrogen-bond donors (Lipinski definition) is 3. The van der Waals surface area contributed by atoms with Crippen molar-refractivity contribution in [3.63, 3.8) is 0 Å². The number of rotatable bonds is 8. The van der Waals surface area contributed by atoms with E-state index in [1.54, 1.807) is 24.3 Å². The lowest BCUT2D eigenvalue weighted by Gasteiger charge is -2.19. The number of aliphatic carboxylic acids is 1. The van der Waals surface area contributed by atoms with Crippen LogP contribution in [0.25, 0.3) is 0 Å². The fourth-order valence-corrected chi connectivity index (χ4v) is 2.64. The summed E-state index contributed by atoms with van der Waals surface area (Å²) in [5.41, 5.74) is 1.73. The third kappa shape index (κ3) is 6.26. The van der Waals surface area contributed by atoms with Gasteiger partial charge in [-0.05, 0) is 50.1 Å². The molecule has 1 unspecified atom stereocenters. The van der Waals surface area contributed by atoms with Crippen LogP contribution in [0, 0.1) is 0 Å². The van der Waals surface area contributed by atoms with Crippen molar-refractivity contribution in [3.8, 4) is 0 Å². The average molecular weight is 368 g/mol. The Morgan fingerprint density at radius 2 is 1.37 bits per heavy atom. The number of amides is 2.